The Kier molecular flexibility index (Phi) is 5.21. The lowest BCUT2D eigenvalue weighted by molar-refractivity contribution is -0.132. The van der Waals surface area contributed by atoms with Gasteiger partial charge in [0.05, 0.1) is 0 Å². The maximum Gasteiger partial charge on any atom is 0.271 e. The van der Waals surface area contributed by atoms with E-state index < -0.39 is 11.7 Å². The Labute approximate surface area is 151 Å². The number of oxime groups is 1. The molecule has 6 heteroatoms. The molecule has 136 valence electrons. The van der Waals surface area contributed by atoms with Gasteiger partial charge in [-0.2, -0.15) is 0 Å². The van der Waals surface area contributed by atoms with Crippen molar-refractivity contribution in [3.63, 3.8) is 0 Å². The average molecular weight is 356 g/mol. The fourth-order valence-electron chi connectivity index (χ4n) is 2.64. The summed E-state index contributed by atoms with van der Waals surface area (Å²) in [6, 6.07) is 15.6. The van der Waals surface area contributed by atoms with Gasteiger partial charge in [0.15, 0.2) is 0 Å². The zero-order valence-corrected chi connectivity index (χ0v) is 14.7. The van der Waals surface area contributed by atoms with E-state index >= 15 is 0 Å². The summed E-state index contributed by atoms with van der Waals surface area (Å²) in [6.45, 7) is 3.76. The Morgan fingerprint density at radius 1 is 1.12 bits per heavy atom. The normalized spacial score (nSPS) is 16.2. The van der Waals surface area contributed by atoms with Gasteiger partial charge < -0.3 is 14.9 Å². The second kappa shape index (κ2) is 7.56. The largest absolute Gasteiger partial charge is 0.434 e. The van der Waals surface area contributed by atoms with Crippen LogP contribution in [0.5, 0.6) is 0 Å². The molecule has 0 fully saturated rings. The predicted molar refractivity (Wildman–Crippen MR) is 95.6 cm³/mol. The van der Waals surface area contributed by atoms with E-state index in [9.17, 15) is 9.18 Å². The molecule has 1 atom stereocenters. The zero-order valence-electron chi connectivity index (χ0n) is 14.7. The number of nitrogens with zero attached hydrogens (tertiary/aromatic N) is 1. The van der Waals surface area contributed by atoms with Gasteiger partial charge in [-0.1, -0.05) is 42.5 Å². The molecule has 0 spiro atoms. The summed E-state index contributed by atoms with van der Waals surface area (Å²) in [5, 5.41) is 6.82. The molecule has 0 saturated carbocycles. The van der Waals surface area contributed by atoms with Gasteiger partial charge >= 0.3 is 0 Å². The van der Waals surface area contributed by atoms with Crippen molar-refractivity contribution in [3.8, 4) is 0 Å². The molecule has 5 nitrogen and oxygen atoms in total. The van der Waals surface area contributed by atoms with Crippen molar-refractivity contribution in [3.05, 3.63) is 71.5 Å². The lowest BCUT2D eigenvalue weighted by Gasteiger charge is -2.19. The van der Waals surface area contributed by atoms with Crippen molar-refractivity contribution in [2.75, 3.05) is 0 Å². The van der Waals surface area contributed by atoms with Gasteiger partial charge in [-0.25, -0.2) is 4.39 Å². The molecular formula is C20H21FN2O3. The minimum absolute atomic E-state index is 0.224. The third kappa shape index (κ3) is 4.59. The molecular weight excluding hydrogens is 335 g/mol. The number of halogens is 1. The highest BCUT2D eigenvalue weighted by Gasteiger charge is 2.37. The van der Waals surface area contributed by atoms with Crippen molar-refractivity contribution in [2.45, 2.75) is 32.6 Å². The Hall–Kier alpha value is -2.89. The van der Waals surface area contributed by atoms with Gasteiger partial charge in [-0.3, -0.25) is 4.79 Å². The molecule has 1 N–H and O–H groups in total. The molecule has 0 bridgehead atoms. The number of carbonyl (C=O) groups excluding carboxylic acids is 1. The van der Waals surface area contributed by atoms with Gasteiger partial charge in [0, 0.05) is 20.4 Å². The maximum absolute atomic E-state index is 13.0. The summed E-state index contributed by atoms with van der Waals surface area (Å²) in [5.41, 5.74) is 1.80. The van der Waals surface area contributed by atoms with Crippen LogP contribution in [-0.2, 0) is 27.3 Å². The maximum atomic E-state index is 13.0. The first-order valence-corrected chi connectivity index (χ1v) is 8.44. The van der Waals surface area contributed by atoms with Crippen LogP contribution in [0.15, 0.2) is 59.8 Å². The van der Waals surface area contributed by atoms with Crippen LogP contribution in [0.1, 0.15) is 25.0 Å². The van der Waals surface area contributed by atoms with Gasteiger partial charge in [-0.15, -0.1) is 0 Å². The highest BCUT2D eigenvalue weighted by molar-refractivity contribution is 6.00. The summed E-state index contributed by atoms with van der Waals surface area (Å²) in [4.78, 5) is 18.0. The van der Waals surface area contributed by atoms with Crippen molar-refractivity contribution in [2.24, 2.45) is 11.1 Å². The van der Waals surface area contributed by atoms with Gasteiger partial charge in [0.2, 0.25) is 11.8 Å². The van der Waals surface area contributed by atoms with E-state index in [2.05, 4.69) is 10.5 Å². The van der Waals surface area contributed by atoms with E-state index in [1.807, 2.05) is 30.3 Å². The Balaban J connectivity index is 1.71. The highest BCUT2D eigenvalue weighted by Crippen LogP contribution is 2.24. The number of benzene rings is 2. The van der Waals surface area contributed by atoms with E-state index in [1.54, 1.807) is 26.0 Å². The molecule has 3 rings (SSSR count). The molecule has 2 aromatic carbocycles. The smallest absolute Gasteiger partial charge is 0.271 e. The molecule has 0 aromatic heterocycles. The minimum atomic E-state index is -0.887. The third-order valence-corrected chi connectivity index (χ3v) is 3.98. The Bertz CT molecular complexity index is 788. The highest BCUT2D eigenvalue weighted by atomic mass is 19.1. The van der Waals surface area contributed by atoms with Crippen LogP contribution >= 0.6 is 0 Å². The molecule has 1 unspecified atom stereocenters. The van der Waals surface area contributed by atoms with Gasteiger partial charge in [0.1, 0.15) is 11.7 Å². The average Bonchev–Trinajstić information content (AvgIpc) is 2.99. The predicted octanol–water partition coefficient (Wildman–Crippen LogP) is 3.40. The van der Waals surface area contributed by atoms with E-state index in [0.29, 0.717) is 13.0 Å². The number of rotatable bonds is 6. The molecule has 0 aliphatic carbocycles. The second-order valence-corrected chi connectivity index (χ2v) is 6.61. The molecule has 0 saturated heterocycles. The van der Waals surface area contributed by atoms with Crippen LogP contribution in [0.3, 0.4) is 0 Å². The van der Waals surface area contributed by atoms with Crippen molar-refractivity contribution in [1.29, 1.82) is 0 Å². The fraction of sp³-hybridized carbons (Fsp3) is 0.300. The van der Waals surface area contributed by atoms with Crippen LogP contribution in [0.2, 0.25) is 0 Å². The summed E-state index contributed by atoms with van der Waals surface area (Å²) in [6.07, 6.45) is 0.439. The number of hydrogen-bond donors (Lipinski definition) is 1. The SMILES string of the molecule is CC1(C)ON=C(C(Cc2ccccc2)C(=O)NCc2ccc(F)cc2)O1. The van der Waals surface area contributed by atoms with Crippen LogP contribution in [-0.4, -0.2) is 17.6 Å². The Morgan fingerprint density at radius 2 is 1.81 bits per heavy atom. The van der Waals surface area contributed by atoms with E-state index in [-0.39, 0.29) is 17.6 Å². The van der Waals surface area contributed by atoms with Crippen LogP contribution in [0.4, 0.5) is 4.39 Å². The number of ether oxygens (including phenoxy) is 1. The van der Waals surface area contributed by atoms with Crippen molar-refractivity contribution < 1.29 is 18.8 Å². The summed E-state index contributed by atoms with van der Waals surface area (Å²) < 4.78 is 18.7. The quantitative estimate of drug-likeness (QED) is 0.863. The molecule has 26 heavy (non-hydrogen) atoms. The van der Waals surface area contributed by atoms with Crippen molar-refractivity contribution >= 4 is 11.8 Å². The molecule has 1 amide bonds. The number of nitrogens with one attached hydrogen (secondary N) is 1. The van der Waals surface area contributed by atoms with Crippen LogP contribution in [0, 0.1) is 11.7 Å². The molecule has 2 aromatic rings. The van der Waals surface area contributed by atoms with Crippen molar-refractivity contribution in [1.82, 2.24) is 5.32 Å². The molecule has 1 aliphatic heterocycles. The first kappa shape index (κ1) is 17.9. The topological polar surface area (TPSA) is 59.9 Å². The molecule has 1 heterocycles. The summed E-state index contributed by atoms with van der Waals surface area (Å²) >= 11 is 0. The third-order valence-electron chi connectivity index (χ3n) is 3.98. The van der Waals surface area contributed by atoms with E-state index in [0.717, 1.165) is 11.1 Å². The second-order valence-electron chi connectivity index (χ2n) is 6.61. The van der Waals surface area contributed by atoms with Crippen LogP contribution < -0.4 is 5.32 Å². The minimum Gasteiger partial charge on any atom is -0.434 e. The van der Waals surface area contributed by atoms with E-state index in [1.165, 1.54) is 12.1 Å². The summed E-state index contributed by atoms with van der Waals surface area (Å²) in [5.74, 6) is -1.77. The molecule has 1 aliphatic rings. The lowest BCUT2D eigenvalue weighted by Crippen LogP contribution is -2.38. The summed E-state index contributed by atoms with van der Waals surface area (Å²) in [7, 11) is 0. The standard InChI is InChI=1S/C20H21FN2O3/c1-20(2)25-19(23-26-20)17(12-14-6-4-3-5-7-14)18(24)22-13-15-8-10-16(21)11-9-15/h3-11,17H,12-13H2,1-2H3,(H,22,24). The zero-order chi connectivity index (χ0) is 18.6. The lowest BCUT2D eigenvalue weighted by atomic mass is 9.98. The Morgan fingerprint density at radius 3 is 2.42 bits per heavy atom. The van der Waals surface area contributed by atoms with Crippen LogP contribution in [0.25, 0.3) is 0 Å². The van der Waals surface area contributed by atoms with Gasteiger partial charge in [-0.05, 0) is 34.8 Å². The van der Waals surface area contributed by atoms with E-state index in [4.69, 9.17) is 9.57 Å². The first-order chi connectivity index (χ1) is 12.4. The monoisotopic (exact) mass is 356 g/mol. The fourth-order valence-corrected chi connectivity index (χ4v) is 2.64. The van der Waals surface area contributed by atoms with Gasteiger partial charge in [0.25, 0.3) is 5.79 Å². The number of amides is 1. The first-order valence-electron chi connectivity index (χ1n) is 8.44. The molecule has 0 radical (unpaired) electrons. The number of carbonyl (C=O) groups is 1. The number of hydrogen-bond acceptors (Lipinski definition) is 4.